The zero-order valence-corrected chi connectivity index (χ0v) is 13.1. The van der Waals surface area contributed by atoms with Crippen molar-refractivity contribution in [2.45, 2.75) is 57.8 Å². The maximum absolute atomic E-state index is 13.1. The van der Waals surface area contributed by atoms with Crippen LogP contribution in [0.25, 0.3) is 0 Å². The summed E-state index contributed by atoms with van der Waals surface area (Å²) in [5, 5.41) is 0. The number of aldehydes is 1. The van der Waals surface area contributed by atoms with Crippen molar-refractivity contribution in [3.8, 4) is 0 Å². The van der Waals surface area contributed by atoms with Crippen LogP contribution in [-0.4, -0.2) is 19.0 Å². The predicted octanol–water partition coefficient (Wildman–Crippen LogP) is 4.93. The average molecular weight is 291 g/mol. The van der Waals surface area contributed by atoms with Crippen molar-refractivity contribution in [3.05, 3.63) is 35.6 Å². The Bertz CT molecular complexity index is 439. The van der Waals surface area contributed by atoms with Gasteiger partial charge in [-0.05, 0) is 43.4 Å². The molecule has 0 bridgehead atoms. The van der Waals surface area contributed by atoms with Crippen LogP contribution in [0.2, 0.25) is 0 Å². The molecule has 3 heteroatoms. The van der Waals surface area contributed by atoms with Crippen LogP contribution in [-0.2, 0) is 4.79 Å². The highest BCUT2D eigenvalue weighted by Gasteiger charge is 2.17. The van der Waals surface area contributed by atoms with E-state index in [0.717, 1.165) is 37.5 Å². The van der Waals surface area contributed by atoms with E-state index in [0.29, 0.717) is 6.42 Å². The Kier molecular flexibility index (Phi) is 8.56. The number of carbonyl (C=O) groups excluding carboxylic acids is 1. The Hall–Kier alpha value is -1.51. The summed E-state index contributed by atoms with van der Waals surface area (Å²) in [5.41, 5.74) is 2.26. The van der Waals surface area contributed by atoms with Crippen LogP contribution >= 0.6 is 0 Å². The Balaban J connectivity index is 2.83. The first-order valence-corrected chi connectivity index (χ1v) is 7.87. The van der Waals surface area contributed by atoms with Crippen LogP contribution in [0.4, 0.5) is 4.39 Å². The molecular formula is C18H26FNO. The molecule has 0 aromatic heterocycles. The molecule has 0 saturated carbocycles. The van der Waals surface area contributed by atoms with Crippen molar-refractivity contribution in [3.63, 3.8) is 0 Å². The average Bonchev–Trinajstić information content (AvgIpc) is 2.50. The van der Waals surface area contributed by atoms with Gasteiger partial charge in [-0.25, -0.2) is 4.39 Å². The van der Waals surface area contributed by atoms with Crippen LogP contribution in [0.5, 0.6) is 0 Å². The molecule has 0 aliphatic heterocycles. The van der Waals surface area contributed by atoms with Gasteiger partial charge < -0.3 is 4.79 Å². The van der Waals surface area contributed by atoms with E-state index in [1.54, 1.807) is 0 Å². The minimum absolute atomic E-state index is 0.201. The SMILES string of the molecule is CCCCCC(=NC)C(CCCC=O)c1ccc(F)cc1. The molecule has 0 spiro atoms. The summed E-state index contributed by atoms with van der Waals surface area (Å²) < 4.78 is 13.1. The van der Waals surface area contributed by atoms with E-state index in [4.69, 9.17) is 0 Å². The lowest BCUT2D eigenvalue weighted by Gasteiger charge is -2.20. The summed E-state index contributed by atoms with van der Waals surface area (Å²) in [4.78, 5) is 15.0. The van der Waals surface area contributed by atoms with Gasteiger partial charge in [0.2, 0.25) is 0 Å². The topological polar surface area (TPSA) is 29.4 Å². The first kappa shape index (κ1) is 17.5. The molecule has 116 valence electrons. The molecule has 1 aromatic carbocycles. The van der Waals surface area contributed by atoms with Crippen molar-refractivity contribution < 1.29 is 9.18 Å². The van der Waals surface area contributed by atoms with Crippen LogP contribution < -0.4 is 0 Å². The number of hydrogen-bond donors (Lipinski definition) is 0. The Morgan fingerprint density at radius 3 is 2.52 bits per heavy atom. The van der Waals surface area contributed by atoms with Gasteiger partial charge in [0.1, 0.15) is 12.1 Å². The second kappa shape index (κ2) is 10.3. The molecule has 0 saturated heterocycles. The van der Waals surface area contributed by atoms with E-state index < -0.39 is 0 Å². The lowest BCUT2D eigenvalue weighted by atomic mass is 9.86. The van der Waals surface area contributed by atoms with Crippen molar-refractivity contribution in [2.75, 3.05) is 7.05 Å². The summed E-state index contributed by atoms with van der Waals surface area (Å²) in [6, 6.07) is 6.68. The maximum atomic E-state index is 13.1. The summed E-state index contributed by atoms with van der Waals surface area (Å²) in [7, 11) is 1.83. The summed E-state index contributed by atoms with van der Waals surface area (Å²) in [5.74, 6) is -0.0150. The second-order valence-electron chi connectivity index (χ2n) is 5.37. The lowest BCUT2D eigenvalue weighted by molar-refractivity contribution is -0.107. The van der Waals surface area contributed by atoms with Gasteiger partial charge in [-0.3, -0.25) is 4.99 Å². The molecule has 0 aliphatic carbocycles. The number of nitrogens with zero attached hydrogens (tertiary/aromatic N) is 1. The fraction of sp³-hybridized carbons (Fsp3) is 0.556. The molecule has 2 nitrogen and oxygen atoms in total. The van der Waals surface area contributed by atoms with Gasteiger partial charge in [0.15, 0.2) is 0 Å². The molecular weight excluding hydrogens is 265 g/mol. The van der Waals surface area contributed by atoms with Gasteiger partial charge in [0, 0.05) is 25.1 Å². The first-order chi connectivity index (χ1) is 10.2. The van der Waals surface area contributed by atoms with Crippen LogP contribution in [0.1, 0.15) is 63.4 Å². The third kappa shape index (κ3) is 6.19. The van der Waals surface area contributed by atoms with Gasteiger partial charge in [0.25, 0.3) is 0 Å². The minimum Gasteiger partial charge on any atom is -0.303 e. The van der Waals surface area contributed by atoms with Gasteiger partial charge in [-0.2, -0.15) is 0 Å². The molecule has 0 amide bonds. The summed E-state index contributed by atoms with van der Waals surface area (Å²) >= 11 is 0. The molecule has 0 heterocycles. The highest BCUT2D eigenvalue weighted by molar-refractivity contribution is 5.90. The normalized spacial score (nSPS) is 13.2. The van der Waals surface area contributed by atoms with Crippen molar-refractivity contribution in [1.82, 2.24) is 0 Å². The number of rotatable bonds is 10. The molecule has 1 atom stereocenters. The smallest absolute Gasteiger partial charge is 0.123 e. The third-order valence-electron chi connectivity index (χ3n) is 3.81. The van der Waals surface area contributed by atoms with Gasteiger partial charge in [-0.1, -0.05) is 31.9 Å². The maximum Gasteiger partial charge on any atom is 0.123 e. The van der Waals surface area contributed by atoms with Crippen molar-refractivity contribution in [1.29, 1.82) is 0 Å². The highest BCUT2D eigenvalue weighted by Crippen LogP contribution is 2.26. The van der Waals surface area contributed by atoms with Crippen LogP contribution in [0, 0.1) is 5.82 Å². The lowest BCUT2D eigenvalue weighted by Crippen LogP contribution is -2.13. The largest absolute Gasteiger partial charge is 0.303 e. The Morgan fingerprint density at radius 1 is 1.24 bits per heavy atom. The van der Waals surface area contributed by atoms with Gasteiger partial charge in [-0.15, -0.1) is 0 Å². The fourth-order valence-electron chi connectivity index (χ4n) is 2.62. The molecule has 1 rings (SSSR count). The molecule has 0 fully saturated rings. The molecule has 1 aromatic rings. The minimum atomic E-state index is -0.216. The number of benzene rings is 1. The predicted molar refractivity (Wildman–Crippen MR) is 86.6 cm³/mol. The molecule has 0 radical (unpaired) electrons. The van der Waals surface area contributed by atoms with Crippen LogP contribution in [0.15, 0.2) is 29.3 Å². The van der Waals surface area contributed by atoms with Crippen molar-refractivity contribution >= 4 is 12.0 Å². The number of hydrogen-bond acceptors (Lipinski definition) is 2. The zero-order chi connectivity index (χ0) is 15.5. The quantitative estimate of drug-likeness (QED) is 0.341. The number of unbranched alkanes of at least 4 members (excludes halogenated alkanes) is 3. The first-order valence-electron chi connectivity index (χ1n) is 7.87. The molecule has 1 unspecified atom stereocenters. The standard InChI is InChI=1S/C18H26FNO/c1-3-4-5-9-18(20-2)17(8-6-7-14-21)15-10-12-16(19)13-11-15/h10-14,17H,3-9H2,1-2H3. The molecule has 0 N–H and O–H groups in total. The van der Waals surface area contributed by atoms with Gasteiger partial charge >= 0.3 is 0 Å². The summed E-state index contributed by atoms with van der Waals surface area (Å²) in [6.07, 6.45) is 7.77. The molecule has 0 aliphatic rings. The summed E-state index contributed by atoms with van der Waals surface area (Å²) in [6.45, 7) is 2.18. The zero-order valence-electron chi connectivity index (χ0n) is 13.1. The fourth-order valence-corrected chi connectivity index (χ4v) is 2.62. The van der Waals surface area contributed by atoms with E-state index in [1.165, 1.54) is 30.7 Å². The van der Waals surface area contributed by atoms with E-state index in [1.807, 2.05) is 19.2 Å². The second-order valence-corrected chi connectivity index (χ2v) is 5.37. The van der Waals surface area contributed by atoms with E-state index >= 15 is 0 Å². The number of carbonyl (C=O) groups is 1. The third-order valence-corrected chi connectivity index (χ3v) is 3.81. The number of aliphatic imine (C=N–C) groups is 1. The number of halogens is 1. The monoisotopic (exact) mass is 291 g/mol. The highest BCUT2D eigenvalue weighted by atomic mass is 19.1. The molecule has 21 heavy (non-hydrogen) atoms. The van der Waals surface area contributed by atoms with Crippen molar-refractivity contribution in [2.24, 2.45) is 4.99 Å². The van der Waals surface area contributed by atoms with E-state index in [2.05, 4.69) is 11.9 Å². The Morgan fingerprint density at radius 2 is 1.95 bits per heavy atom. The van der Waals surface area contributed by atoms with E-state index in [9.17, 15) is 9.18 Å². The van der Waals surface area contributed by atoms with Gasteiger partial charge in [0.05, 0.1) is 0 Å². The van der Waals surface area contributed by atoms with Crippen LogP contribution in [0.3, 0.4) is 0 Å². The van der Waals surface area contributed by atoms with E-state index in [-0.39, 0.29) is 11.7 Å². The Labute approximate surface area is 127 Å².